The highest BCUT2D eigenvalue weighted by atomic mass is 79.9. The van der Waals surface area contributed by atoms with Gasteiger partial charge in [-0.25, -0.2) is 4.79 Å². The molecule has 0 saturated carbocycles. The first-order valence-corrected chi connectivity index (χ1v) is 12.5. The summed E-state index contributed by atoms with van der Waals surface area (Å²) in [5.74, 6) is -0.512. The maximum absolute atomic E-state index is 13.0. The fourth-order valence-electron chi connectivity index (χ4n) is 3.36. The molecule has 2 atom stereocenters. The third-order valence-electron chi connectivity index (χ3n) is 5.08. The molecule has 0 unspecified atom stereocenters. The second kappa shape index (κ2) is 13.1. The van der Waals surface area contributed by atoms with E-state index in [4.69, 9.17) is 19.7 Å². The molecule has 12 nitrogen and oxygen atoms in total. The first-order chi connectivity index (χ1) is 16.6. The number of phenolic OH excluding ortho intramolecular Hbond substituents is 1. The summed E-state index contributed by atoms with van der Waals surface area (Å²) in [5, 5.41) is 17.2. The number of ether oxygens (including phenoxy) is 2. The molecular formula is C21H27BrClN5O7S. The summed E-state index contributed by atoms with van der Waals surface area (Å²) in [6.45, 7) is 2.58. The topological polar surface area (TPSA) is 170 Å². The SMILES string of the molecule is COc1cc(O)c2c(c1Br)C(=O)OCCN(C(=O)[C@@H](C)N)CC(=O)N[C@H](c1nc(C)no1)CSC2.Cl. The number of aromatic hydroxyl groups is 1. The van der Waals surface area contributed by atoms with Crippen LogP contribution in [0.1, 0.15) is 40.6 Å². The number of rotatable bonds is 3. The lowest BCUT2D eigenvalue weighted by molar-refractivity contribution is -0.137. The summed E-state index contributed by atoms with van der Waals surface area (Å²) >= 11 is 4.68. The predicted octanol–water partition coefficient (Wildman–Crippen LogP) is 1.71. The molecule has 2 heterocycles. The van der Waals surface area contributed by atoms with Crippen molar-refractivity contribution in [3.05, 3.63) is 33.4 Å². The molecule has 4 N–H and O–H groups in total. The zero-order valence-electron chi connectivity index (χ0n) is 19.8. The average Bonchev–Trinajstić information content (AvgIpc) is 3.24. The second-order valence-corrected chi connectivity index (χ2v) is 9.59. The molecule has 36 heavy (non-hydrogen) atoms. The van der Waals surface area contributed by atoms with E-state index in [9.17, 15) is 19.5 Å². The zero-order chi connectivity index (χ0) is 25.7. The van der Waals surface area contributed by atoms with Crippen molar-refractivity contribution in [3.63, 3.8) is 0 Å². The normalized spacial score (nSPS) is 18.1. The van der Waals surface area contributed by atoms with Gasteiger partial charge in [0.05, 0.1) is 36.3 Å². The summed E-state index contributed by atoms with van der Waals surface area (Å²) in [6, 6.07) is -0.148. The van der Waals surface area contributed by atoms with E-state index in [2.05, 4.69) is 31.4 Å². The van der Waals surface area contributed by atoms with Gasteiger partial charge in [-0.05, 0) is 29.8 Å². The summed E-state index contributed by atoms with van der Waals surface area (Å²) in [7, 11) is 1.41. The van der Waals surface area contributed by atoms with E-state index in [0.29, 0.717) is 15.9 Å². The van der Waals surface area contributed by atoms with Gasteiger partial charge in [0, 0.05) is 23.1 Å². The van der Waals surface area contributed by atoms with E-state index in [-0.39, 0.29) is 66.6 Å². The number of nitrogens with two attached hydrogens (primary N) is 1. The molecule has 0 aliphatic carbocycles. The van der Waals surface area contributed by atoms with Gasteiger partial charge in [0.25, 0.3) is 0 Å². The van der Waals surface area contributed by atoms with Gasteiger partial charge in [-0.15, -0.1) is 12.4 Å². The standard InChI is InChI=1S/C21H26BrN5O7S.ClH/c1-10(23)20(30)27-4-5-33-21(31)17-12(14(28)6-15(32-3)18(17)22)8-35-9-13(25-16(29)7-27)19-24-11(2)26-34-19;/h6,10,13,28H,4-5,7-9,23H2,1-3H3,(H,25,29);1H/t10-,13+;/m1./s1. The number of nitrogens with one attached hydrogen (secondary N) is 1. The Morgan fingerprint density at radius 3 is 2.78 bits per heavy atom. The van der Waals surface area contributed by atoms with Crippen molar-refractivity contribution in [2.45, 2.75) is 31.7 Å². The van der Waals surface area contributed by atoms with E-state index in [1.54, 1.807) is 6.92 Å². The van der Waals surface area contributed by atoms with Gasteiger partial charge >= 0.3 is 5.97 Å². The van der Waals surface area contributed by atoms with Crippen LogP contribution in [0.4, 0.5) is 0 Å². The molecule has 15 heteroatoms. The summed E-state index contributed by atoms with van der Waals surface area (Å²) in [4.78, 5) is 43.8. The van der Waals surface area contributed by atoms with Gasteiger partial charge in [-0.3, -0.25) is 9.59 Å². The van der Waals surface area contributed by atoms with Gasteiger partial charge in [0.2, 0.25) is 17.7 Å². The lowest BCUT2D eigenvalue weighted by atomic mass is 10.1. The number of carbonyl (C=O) groups is 3. The number of methoxy groups -OCH3 is 1. The van der Waals surface area contributed by atoms with Crippen LogP contribution in [0.15, 0.2) is 15.1 Å². The first kappa shape index (κ1) is 29.7. The number of hydrogen-bond donors (Lipinski definition) is 3. The maximum Gasteiger partial charge on any atom is 0.339 e. The first-order valence-electron chi connectivity index (χ1n) is 10.6. The molecule has 0 saturated heterocycles. The van der Waals surface area contributed by atoms with Crippen molar-refractivity contribution < 1.29 is 33.5 Å². The number of aromatic nitrogens is 2. The largest absolute Gasteiger partial charge is 0.507 e. The Balaban J connectivity index is 0.00000456. The molecule has 0 radical (unpaired) electrons. The molecule has 1 aliphatic heterocycles. The number of benzene rings is 1. The smallest absolute Gasteiger partial charge is 0.339 e. The third-order valence-corrected chi connectivity index (χ3v) is 6.93. The Labute approximate surface area is 226 Å². The van der Waals surface area contributed by atoms with Crippen LogP contribution in [0.3, 0.4) is 0 Å². The number of carbonyl (C=O) groups excluding carboxylic acids is 3. The van der Waals surface area contributed by atoms with Gasteiger partial charge in [-0.2, -0.15) is 16.7 Å². The van der Waals surface area contributed by atoms with Crippen LogP contribution in [0.5, 0.6) is 11.5 Å². The minimum Gasteiger partial charge on any atom is -0.507 e. The minimum absolute atomic E-state index is 0. The number of hydrogen-bond acceptors (Lipinski definition) is 11. The van der Waals surface area contributed by atoms with Crippen molar-refractivity contribution in [1.29, 1.82) is 0 Å². The molecule has 3 rings (SSSR count). The lowest BCUT2D eigenvalue weighted by Gasteiger charge is -2.25. The average molecular weight is 609 g/mol. The Bertz CT molecular complexity index is 1120. The lowest BCUT2D eigenvalue weighted by Crippen LogP contribution is -2.48. The second-order valence-electron chi connectivity index (χ2n) is 7.76. The Morgan fingerprint density at radius 2 is 2.17 bits per heavy atom. The van der Waals surface area contributed by atoms with Crippen LogP contribution in [-0.4, -0.2) is 76.5 Å². The van der Waals surface area contributed by atoms with Crippen molar-refractivity contribution >= 4 is 57.9 Å². The Kier molecular flexibility index (Phi) is 10.8. The number of thioether (sulfide) groups is 1. The van der Waals surface area contributed by atoms with Crippen LogP contribution < -0.4 is 15.8 Å². The number of amides is 2. The molecular weight excluding hydrogens is 582 g/mol. The highest BCUT2D eigenvalue weighted by molar-refractivity contribution is 9.10. The number of nitrogens with zero attached hydrogens (tertiary/aromatic N) is 3. The number of aryl methyl sites for hydroxylation is 1. The van der Waals surface area contributed by atoms with Crippen molar-refractivity contribution in [1.82, 2.24) is 20.4 Å². The van der Waals surface area contributed by atoms with E-state index in [1.165, 1.54) is 36.8 Å². The summed E-state index contributed by atoms with van der Waals surface area (Å²) < 4.78 is 16.2. The van der Waals surface area contributed by atoms with Crippen LogP contribution in [0, 0.1) is 6.92 Å². The minimum atomic E-state index is -0.863. The van der Waals surface area contributed by atoms with Crippen LogP contribution >= 0.6 is 40.1 Å². The number of cyclic esters (lactones) is 1. The number of fused-ring (bicyclic) bond motifs is 1. The van der Waals surface area contributed by atoms with Crippen LogP contribution in [0.25, 0.3) is 0 Å². The quantitative estimate of drug-likeness (QED) is 0.434. The van der Waals surface area contributed by atoms with Gasteiger partial charge in [0.15, 0.2) is 5.82 Å². The summed E-state index contributed by atoms with van der Waals surface area (Å²) in [5.41, 5.74) is 6.16. The Morgan fingerprint density at radius 1 is 1.44 bits per heavy atom. The van der Waals surface area contributed by atoms with Gasteiger partial charge in [-0.1, -0.05) is 5.16 Å². The molecule has 198 valence electrons. The van der Waals surface area contributed by atoms with Crippen molar-refractivity contribution in [2.24, 2.45) is 5.73 Å². The van der Waals surface area contributed by atoms with Gasteiger partial charge in [0.1, 0.15) is 24.1 Å². The van der Waals surface area contributed by atoms with E-state index in [0.717, 1.165) is 0 Å². The fraction of sp³-hybridized carbons (Fsp3) is 0.476. The molecule has 0 bridgehead atoms. The summed E-state index contributed by atoms with van der Waals surface area (Å²) in [6.07, 6.45) is 0. The van der Waals surface area contributed by atoms with E-state index < -0.39 is 29.9 Å². The monoisotopic (exact) mass is 607 g/mol. The molecule has 1 aliphatic rings. The van der Waals surface area contributed by atoms with Gasteiger partial charge < -0.3 is 35.1 Å². The molecule has 0 fully saturated rings. The molecule has 1 aromatic carbocycles. The van der Waals surface area contributed by atoms with Crippen LogP contribution in [-0.2, 0) is 20.1 Å². The Hall–Kier alpha value is -2.55. The zero-order valence-corrected chi connectivity index (χ0v) is 23.0. The predicted molar refractivity (Wildman–Crippen MR) is 136 cm³/mol. The highest BCUT2D eigenvalue weighted by Crippen LogP contribution is 2.39. The molecule has 1 aromatic heterocycles. The van der Waals surface area contributed by atoms with Crippen molar-refractivity contribution in [3.8, 4) is 11.5 Å². The molecule has 2 amide bonds. The van der Waals surface area contributed by atoms with E-state index in [1.807, 2.05) is 0 Å². The van der Waals surface area contributed by atoms with Crippen molar-refractivity contribution in [2.75, 3.05) is 32.6 Å². The maximum atomic E-state index is 13.0. The third kappa shape index (κ3) is 7.02. The van der Waals surface area contributed by atoms with E-state index >= 15 is 0 Å². The highest BCUT2D eigenvalue weighted by Gasteiger charge is 2.28. The van der Waals surface area contributed by atoms with Crippen LogP contribution in [0.2, 0.25) is 0 Å². The number of esters is 1. The fourth-order valence-corrected chi connectivity index (χ4v) is 5.12. The number of phenols is 1. The number of halogens is 2. The molecule has 2 aromatic rings. The molecule has 0 spiro atoms.